The highest BCUT2D eigenvalue weighted by molar-refractivity contribution is 5.23. The zero-order valence-corrected chi connectivity index (χ0v) is 13.4. The fraction of sp³-hybridized carbons (Fsp3) is 0.667. The van der Waals surface area contributed by atoms with E-state index in [2.05, 4.69) is 5.32 Å². The van der Waals surface area contributed by atoms with Gasteiger partial charge in [-0.1, -0.05) is 0 Å². The van der Waals surface area contributed by atoms with Crippen LogP contribution in [0.4, 0.5) is 8.78 Å². The quantitative estimate of drug-likeness (QED) is 0.895. The van der Waals surface area contributed by atoms with E-state index in [1.165, 1.54) is 18.2 Å². The molecule has 3 N–H and O–H groups in total. The Morgan fingerprint density at radius 3 is 2.65 bits per heavy atom. The Morgan fingerprint density at radius 1 is 1.13 bits per heavy atom. The van der Waals surface area contributed by atoms with Gasteiger partial charge in [0.15, 0.2) is 0 Å². The zero-order valence-electron chi connectivity index (χ0n) is 13.4. The molecule has 5 heteroatoms. The highest BCUT2D eigenvalue weighted by atomic mass is 19.1. The minimum atomic E-state index is -0.364. The lowest BCUT2D eigenvalue weighted by Gasteiger charge is -2.33. The van der Waals surface area contributed by atoms with E-state index < -0.39 is 0 Å². The Morgan fingerprint density at radius 2 is 1.91 bits per heavy atom. The first-order valence-electron chi connectivity index (χ1n) is 8.69. The van der Waals surface area contributed by atoms with E-state index in [0.29, 0.717) is 12.2 Å². The summed E-state index contributed by atoms with van der Waals surface area (Å²) in [5, 5.41) is 3.42. The van der Waals surface area contributed by atoms with Crippen LogP contribution in [0, 0.1) is 11.6 Å². The number of hydrogen-bond donors (Lipinski definition) is 2. The van der Waals surface area contributed by atoms with Gasteiger partial charge in [0, 0.05) is 12.1 Å². The minimum absolute atomic E-state index is 0.0978. The second-order valence-electron chi connectivity index (χ2n) is 6.84. The fourth-order valence-corrected chi connectivity index (χ4v) is 3.77. The molecule has 0 radical (unpaired) electrons. The Hall–Kier alpha value is -1.04. The van der Waals surface area contributed by atoms with Crippen LogP contribution < -0.4 is 11.1 Å². The molecule has 128 valence electrons. The standard InChI is InChI=1S/C18H26F2N2O/c19-13-5-8-16(20)15(10-13)12-3-6-14(7-4-12)23-11-18-17(21)2-1-9-22-18/h5,8,10,12,14,17-18,22H,1-4,6-7,9,11,21H2/t12-,14+,17-,18-/m0/s1. The van der Waals surface area contributed by atoms with Gasteiger partial charge in [0.25, 0.3) is 0 Å². The summed E-state index contributed by atoms with van der Waals surface area (Å²) in [4.78, 5) is 0. The molecule has 0 aromatic heterocycles. The SMILES string of the molecule is N[C@H]1CCCN[C@H]1CO[C@H]1CC[C@@H](c2cc(F)ccc2F)CC1. The van der Waals surface area contributed by atoms with Gasteiger partial charge in [0.2, 0.25) is 0 Å². The third-order valence-electron chi connectivity index (χ3n) is 5.22. The van der Waals surface area contributed by atoms with Crippen LogP contribution in [0.3, 0.4) is 0 Å². The van der Waals surface area contributed by atoms with Crippen LogP contribution in [0.25, 0.3) is 0 Å². The van der Waals surface area contributed by atoms with Crippen molar-refractivity contribution in [3.8, 4) is 0 Å². The number of nitrogens with one attached hydrogen (secondary N) is 1. The van der Waals surface area contributed by atoms with E-state index in [0.717, 1.165) is 45.1 Å². The van der Waals surface area contributed by atoms with Crippen molar-refractivity contribution >= 4 is 0 Å². The maximum Gasteiger partial charge on any atom is 0.126 e. The Kier molecular flexibility index (Phi) is 5.62. The molecule has 23 heavy (non-hydrogen) atoms. The number of halogens is 2. The lowest BCUT2D eigenvalue weighted by Crippen LogP contribution is -2.52. The van der Waals surface area contributed by atoms with E-state index in [1.54, 1.807) is 0 Å². The average Bonchev–Trinajstić information content (AvgIpc) is 2.57. The van der Waals surface area contributed by atoms with Crippen LogP contribution in [-0.2, 0) is 4.74 Å². The van der Waals surface area contributed by atoms with Crippen molar-refractivity contribution in [3.63, 3.8) is 0 Å². The fourth-order valence-electron chi connectivity index (χ4n) is 3.77. The van der Waals surface area contributed by atoms with Crippen molar-refractivity contribution < 1.29 is 13.5 Å². The molecule has 3 nitrogen and oxygen atoms in total. The minimum Gasteiger partial charge on any atom is -0.377 e. The second kappa shape index (κ2) is 7.69. The topological polar surface area (TPSA) is 47.3 Å². The van der Waals surface area contributed by atoms with Gasteiger partial charge in [-0.05, 0) is 74.8 Å². The van der Waals surface area contributed by atoms with E-state index in [-0.39, 0.29) is 35.7 Å². The summed E-state index contributed by atoms with van der Waals surface area (Å²) in [7, 11) is 0. The largest absolute Gasteiger partial charge is 0.377 e. The predicted octanol–water partition coefficient (Wildman–Crippen LogP) is 3.09. The van der Waals surface area contributed by atoms with Crippen LogP contribution in [0.1, 0.15) is 50.0 Å². The summed E-state index contributed by atoms with van der Waals surface area (Å²) in [6.07, 6.45) is 5.85. The van der Waals surface area contributed by atoms with Crippen LogP contribution in [0.2, 0.25) is 0 Å². The van der Waals surface area contributed by atoms with Crippen LogP contribution in [0.15, 0.2) is 18.2 Å². The van der Waals surface area contributed by atoms with Gasteiger partial charge in [-0.15, -0.1) is 0 Å². The first-order valence-corrected chi connectivity index (χ1v) is 8.69. The predicted molar refractivity (Wildman–Crippen MR) is 86.3 cm³/mol. The smallest absolute Gasteiger partial charge is 0.126 e. The van der Waals surface area contributed by atoms with E-state index in [4.69, 9.17) is 10.5 Å². The Balaban J connectivity index is 1.47. The molecule has 0 bridgehead atoms. The molecule has 2 aliphatic rings. The van der Waals surface area contributed by atoms with Gasteiger partial charge in [-0.3, -0.25) is 0 Å². The molecule has 2 fully saturated rings. The van der Waals surface area contributed by atoms with Crippen LogP contribution in [0.5, 0.6) is 0 Å². The third-order valence-corrected chi connectivity index (χ3v) is 5.22. The first-order chi connectivity index (χ1) is 11.1. The molecule has 1 heterocycles. The van der Waals surface area contributed by atoms with E-state index in [9.17, 15) is 8.78 Å². The lowest BCUT2D eigenvalue weighted by atomic mass is 9.82. The second-order valence-corrected chi connectivity index (χ2v) is 6.84. The maximum absolute atomic E-state index is 13.9. The molecule has 1 aliphatic carbocycles. The highest BCUT2D eigenvalue weighted by Gasteiger charge is 2.27. The van der Waals surface area contributed by atoms with Gasteiger partial charge >= 0.3 is 0 Å². The summed E-state index contributed by atoms with van der Waals surface area (Å²) in [5.74, 6) is -0.564. The molecular weight excluding hydrogens is 298 g/mol. The number of hydrogen-bond acceptors (Lipinski definition) is 3. The van der Waals surface area contributed by atoms with E-state index in [1.807, 2.05) is 0 Å². The summed E-state index contributed by atoms with van der Waals surface area (Å²) in [6.45, 7) is 1.65. The first kappa shape index (κ1) is 16.8. The summed E-state index contributed by atoms with van der Waals surface area (Å²) in [6, 6.07) is 4.15. The van der Waals surface area contributed by atoms with Gasteiger partial charge in [-0.2, -0.15) is 0 Å². The van der Waals surface area contributed by atoms with E-state index >= 15 is 0 Å². The molecule has 1 aromatic rings. The number of nitrogens with two attached hydrogens (primary N) is 1. The van der Waals surface area contributed by atoms with Crippen molar-refractivity contribution in [3.05, 3.63) is 35.4 Å². The number of rotatable bonds is 4. The van der Waals surface area contributed by atoms with Crippen molar-refractivity contribution in [2.24, 2.45) is 5.73 Å². The van der Waals surface area contributed by atoms with Crippen molar-refractivity contribution in [1.82, 2.24) is 5.32 Å². The monoisotopic (exact) mass is 324 g/mol. The van der Waals surface area contributed by atoms with Crippen LogP contribution in [-0.4, -0.2) is 31.3 Å². The van der Waals surface area contributed by atoms with Crippen molar-refractivity contribution in [2.45, 2.75) is 62.6 Å². The number of ether oxygens (including phenoxy) is 1. The summed E-state index contributed by atoms with van der Waals surface area (Å²) >= 11 is 0. The van der Waals surface area contributed by atoms with Gasteiger partial charge in [-0.25, -0.2) is 8.78 Å². The number of piperidine rings is 1. The lowest BCUT2D eigenvalue weighted by molar-refractivity contribution is 0.00601. The molecule has 3 rings (SSSR count). The molecule has 1 saturated carbocycles. The Labute approximate surface area is 136 Å². The summed E-state index contributed by atoms with van der Waals surface area (Å²) in [5.41, 5.74) is 6.62. The van der Waals surface area contributed by atoms with Gasteiger partial charge in [0.1, 0.15) is 11.6 Å². The molecule has 0 amide bonds. The molecular formula is C18H26F2N2O. The van der Waals surface area contributed by atoms with Crippen molar-refractivity contribution in [2.75, 3.05) is 13.2 Å². The molecule has 0 spiro atoms. The average molecular weight is 324 g/mol. The Bertz CT molecular complexity index is 518. The third kappa shape index (κ3) is 4.28. The molecule has 0 unspecified atom stereocenters. The van der Waals surface area contributed by atoms with Crippen LogP contribution >= 0.6 is 0 Å². The molecule has 1 saturated heterocycles. The zero-order chi connectivity index (χ0) is 16.2. The summed E-state index contributed by atoms with van der Waals surface area (Å²) < 4.78 is 33.2. The van der Waals surface area contributed by atoms with Gasteiger partial charge < -0.3 is 15.8 Å². The van der Waals surface area contributed by atoms with Crippen molar-refractivity contribution in [1.29, 1.82) is 0 Å². The highest BCUT2D eigenvalue weighted by Crippen LogP contribution is 2.35. The molecule has 1 aromatic carbocycles. The van der Waals surface area contributed by atoms with Gasteiger partial charge in [0.05, 0.1) is 12.7 Å². The molecule has 2 atom stereocenters. The maximum atomic E-state index is 13.9. The number of benzene rings is 1. The molecule has 1 aliphatic heterocycles. The normalized spacial score (nSPS) is 32.0.